The summed E-state index contributed by atoms with van der Waals surface area (Å²) in [4.78, 5) is 10.1. The van der Waals surface area contributed by atoms with Gasteiger partial charge in [0.25, 0.3) is 0 Å². The lowest BCUT2D eigenvalue weighted by Crippen LogP contribution is -2.17. The van der Waals surface area contributed by atoms with Gasteiger partial charge in [-0.15, -0.1) is 4.91 Å². The van der Waals surface area contributed by atoms with Crippen LogP contribution in [0.5, 0.6) is 0 Å². The first-order valence-electron chi connectivity index (χ1n) is 2.96. The fourth-order valence-electron chi connectivity index (χ4n) is 0.784. The first-order chi connectivity index (χ1) is 4.27. The van der Waals surface area contributed by atoms with E-state index in [1.807, 2.05) is 31.2 Å². The standard InChI is InChI=1S/C7H9NO/c1-7(8-9)5-3-2-4-6-7/h2-5H,6H2,1H3. The zero-order chi connectivity index (χ0) is 6.74. The SMILES string of the molecule is CC1(N=O)C=CC=CC1. The Labute approximate surface area is 54.2 Å². The summed E-state index contributed by atoms with van der Waals surface area (Å²) in [5.74, 6) is 0. The summed E-state index contributed by atoms with van der Waals surface area (Å²) in [6, 6.07) is 0. The highest BCUT2D eigenvalue weighted by molar-refractivity contribution is 5.19. The molecule has 48 valence electrons. The van der Waals surface area contributed by atoms with Crippen LogP contribution in [0.2, 0.25) is 0 Å². The van der Waals surface area contributed by atoms with E-state index < -0.39 is 5.54 Å². The van der Waals surface area contributed by atoms with Gasteiger partial charge in [-0.3, -0.25) is 0 Å². The van der Waals surface area contributed by atoms with Gasteiger partial charge in [0.15, 0.2) is 0 Å². The fraction of sp³-hybridized carbons (Fsp3) is 0.429. The Morgan fingerprint density at radius 3 is 2.67 bits per heavy atom. The van der Waals surface area contributed by atoms with Crippen LogP contribution in [-0.4, -0.2) is 5.54 Å². The normalized spacial score (nSPS) is 32.6. The monoisotopic (exact) mass is 123 g/mol. The van der Waals surface area contributed by atoms with Crippen LogP contribution in [0.4, 0.5) is 0 Å². The lowest BCUT2D eigenvalue weighted by molar-refractivity contribution is 0.587. The third-order valence-corrected chi connectivity index (χ3v) is 1.44. The molecule has 0 saturated carbocycles. The minimum Gasteiger partial charge on any atom is -0.150 e. The van der Waals surface area contributed by atoms with Gasteiger partial charge in [-0.05, 0) is 13.3 Å². The summed E-state index contributed by atoms with van der Waals surface area (Å²) < 4.78 is 0. The maximum Gasteiger partial charge on any atom is 0.122 e. The number of allylic oxidation sites excluding steroid dienone is 2. The van der Waals surface area contributed by atoms with Gasteiger partial charge < -0.3 is 0 Å². The average molecular weight is 123 g/mol. The van der Waals surface area contributed by atoms with Crippen molar-refractivity contribution in [2.75, 3.05) is 0 Å². The summed E-state index contributed by atoms with van der Waals surface area (Å²) in [6.45, 7) is 1.82. The molecule has 9 heavy (non-hydrogen) atoms. The van der Waals surface area contributed by atoms with Crippen molar-refractivity contribution in [1.29, 1.82) is 0 Å². The molecule has 0 saturated heterocycles. The van der Waals surface area contributed by atoms with Gasteiger partial charge in [0.1, 0.15) is 5.54 Å². The van der Waals surface area contributed by atoms with E-state index in [2.05, 4.69) is 5.18 Å². The van der Waals surface area contributed by atoms with Crippen molar-refractivity contribution in [1.82, 2.24) is 0 Å². The smallest absolute Gasteiger partial charge is 0.122 e. The van der Waals surface area contributed by atoms with E-state index in [4.69, 9.17) is 0 Å². The molecule has 0 bridgehead atoms. The van der Waals surface area contributed by atoms with E-state index in [0.29, 0.717) is 0 Å². The molecule has 2 heteroatoms. The minimum absolute atomic E-state index is 0.477. The quantitative estimate of drug-likeness (QED) is 0.490. The van der Waals surface area contributed by atoms with Crippen LogP contribution in [-0.2, 0) is 0 Å². The molecule has 1 unspecified atom stereocenters. The first kappa shape index (κ1) is 6.20. The van der Waals surface area contributed by atoms with Crippen LogP contribution in [0.15, 0.2) is 29.5 Å². The van der Waals surface area contributed by atoms with Crippen LogP contribution >= 0.6 is 0 Å². The highest BCUT2D eigenvalue weighted by atomic mass is 16.3. The number of hydrogen-bond donors (Lipinski definition) is 0. The van der Waals surface area contributed by atoms with E-state index in [-0.39, 0.29) is 0 Å². The Kier molecular flexibility index (Phi) is 1.47. The molecule has 0 radical (unpaired) electrons. The van der Waals surface area contributed by atoms with Crippen LogP contribution < -0.4 is 0 Å². The van der Waals surface area contributed by atoms with E-state index in [9.17, 15) is 4.91 Å². The van der Waals surface area contributed by atoms with Crippen molar-refractivity contribution >= 4 is 0 Å². The summed E-state index contributed by atoms with van der Waals surface area (Å²) in [5, 5.41) is 2.99. The molecule has 0 aromatic carbocycles. The second-order valence-corrected chi connectivity index (χ2v) is 2.44. The summed E-state index contributed by atoms with van der Waals surface area (Å²) >= 11 is 0. The zero-order valence-electron chi connectivity index (χ0n) is 5.37. The predicted octanol–water partition coefficient (Wildman–Crippen LogP) is 2.03. The number of rotatable bonds is 1. The maximum atomic E-state index is 10.1. The van der Waals surface area contributed by atoms with Crippen LogP contribution in [0, 0.1) is 4.91 Å². The molecule has 0 aliphatic heterocycles. The van der Waals surface area contributed by atoms with Crippen LogP contribution in [0.3, 0.4) is 0 Å². The molecule has 1 rings (SSSR count). The van der Waals surface area contributed by atoms with Gasteiger partial charge >= 0.3 is 0 Å². The van der Waals surface area contributed by atoms with E-state index in [1.54, 1.807) is 0 Å². The van der Waals surface area contributed by atoms with Crippen molar-refractivity contribution in [2.45, 2.75) is 18.9 Å². The Hall–Kier alpha value is -0.920. The Bertz CT molecular complexity index is 172. The lowest BCUT2D eigenvalue weighted by Gasteiger charge is -2.15. The average Bonchev–Trinajstić information content (AvgIpc) is 1.90. The highest BCUT2D eigenvalue weighted by Gasteiger charge is 2.20. The molecule has 0 fully saturated rings. The number of hydrogen-bond acceptors (Lipinski definition) is 2. The second-order valence-electron chi connectivity index (χ2n) is 2.44. The number of nitroso groups, excluding NO2 is 1. The Balaban J connectivity index is 2.73. The van der Waals surface area contributed by atoms with Crippen molar-refractivity contribution in [3.8, 4) is 0 Å². The maximum absolute atomic E-state index is 10.1. The molecule has 1 aliphatic carbocycles. The summed E-state index contributed by atoms with van der Waals surface area (Å²) in [7, 11) is 0. The van der Waals surface area contributed by atoms with Crippen molar-refractivity contribution in [3.63, 3.8) is 0 Å². The Morgan fingerprint density at radius 2 is 2.33 bits per heavy atom. The Morgan fingerprint density at radius 1 is 1.56 bits per heavy atom. The third kappa shape index (κ3) is 1.25. The summed E-state index contributed by atoms with van der Waals surface area (Å²) in [5.41, 5.74) is -0.477. The molecule has 2 nitrogen and oxygen atoms in total. The second kappa shape index (κ2) is 2.13. The van der Waals surface area contributed by atoms with Gasteiger partial charge in [-0.2, -0.15) is 0 Å². The van der Waals surface area contributed by atoms with Crippen LogP contribution in [0.1, 0.15) is 13.3 Å². The molecule has 0 heterocycles. The van der Waals surface area contributed by atoms with Gasteiger partial charge in [0.2, 0.25) is 0 Å². The topological polar surface area (TPSA) is 29.4 Å². The van der Waals surface area contributed by atoms with E-state index in [1.165, 1.54) is 0 Å². The molecule has 0 N–H and O–H groups in total. The minimum atomic E-state index is -0.477. The van der Waals surface area contributed by atoms with Gasteiger partial charge in [0.05, 0.1) is 0 Å². The predicted molar refractivity (Wildman–Crippen MR) is 37.1 cm³/mol. The summed E-state index contributed by atoms with van der Waals surface area (Å²) in [6.07, 6.45) is 8.27. The van der Waals surface area contributed by atoms with Gasteiger partial charge in [-0.1, -0.05) is 29.5 Å². The van der Waals surface area contributed by atoms with E-state index in [0.717, 1.165) is 6.42 Å². The first-order valence-corrected chi connectivity index (χ1v) is 2.96. The molecule has 0 aromatic heterocycles. The lowest BCUT2D eigenvalue weighted by atomic mass is 9.95. The third-order valence-electron chi connectivity index (χ3n) is 1.44. The number of nitrogens with zero attached hydrogens (tertiary/aromatic N) is 1. The van der Waals surface area contributed by atoms with Crippen molar-refractivity contribution < 1.29 is 0 Å². The largest absolute Gasteiger partial charge is 0.150 e. The highest BCUT2D eigenvalue weighted by Crippen LogP contribution is 2.20. The molecule has 1 aliphatic rings. The molecule has 0 aromatic rings. The molecule has 0 amide bonds. The fourth-order valence-corrected chi connectivity index (χ4v) is 0.784. The van der Waals surface area contributed by atoms with Gasteiger partial charge in [0, 0.05) is 0 Å². The van der Waals surface area contributed by atoms with Crippen molar-refractivity contribution in [3.05, 3.63) is 29.2 Å². The molecular weight excluding hydrogens is 114 g/mol. The van der Waals surface area contributed by atoms with Crippen LogP contribution in [0.25, 0.3) is 0 Å². The molecular formula is C7H9NO. The zero-order valence-corrected chi connectivity index (χ0v) is 5.37. The van der Waals surface area contributed by atoms with Gasteiger partial charge in [-0.25, -0.2) is 0 Å². The molecule has 0 spiro atoms. The van der Waals surface area contributed by atoms with Crippen molar-refractivity contribution in [2.24, 2.45) is 5.18 Å². The van der Waals surface area contributed by atoms with E-state index >= 15 is 0 Å². The molecule has 1 atom stereocenters.